The second-order valence-corrected chi connectivity index (χ2v) is 6.33. The van der Waals surface area contributed by atoms with Gasteiger partial charge in [-0.05, 0) is 37.0 Å². The molecule has 1 saturated carbocycles. The quantitative estimate of drug-likeness (QED) is 0.851. The van der Waals surface area contributed by atoms with E-state index in [1.165, 1.54) is 12.1 Å². The van der Waals surface area contributed by atoms with Gasteiger partial charge in [0.2, 0.25) is 0 Å². The first-order valence-corrected chi connectivity index (χ1v) is 7.73. The smallest absolute Gasteiger partial charge is 0.123 e. The first kappa shape index (κ1) is 14.5. The third-order valence-electron chi connectivity index (χ3n) is 5.16. The summed E-state index contributed by atoms with van der Waals surface area (Å²) in [7, 11) is 0. The van der Waals surface area contributed by atoms with Crippen LogP contribution in [-0.2, 0) is 0 Å². The van der Waals surface area contributed by atoms with Crippen molar-refractivity contribution in [3.63, 3.8) is 0 Å². The van der Waals surface area contributed by atoms with E-state index in [0.717, 1.165) is 44.2 Å². The molecule has 4 heteroatoms. The molecule has 2 aliphatic rings. The Morgan fingerprint density at radius 3 is 2.76 bits per heavy atom. The molecular formula is C17H21FN2O. The maximum Gasteiger partial charge on any atom is 0.123 e. The van der Waals surface area contributed by atoms with E-state index in [1.54, 1.807) is 12.1 Å². The highest BCUT2D eigenvalue weighted by atomic mass is 19.1. The fourth-order valence-electron chi connectivity index (χ4n) is 4.11. The number of hydrogen-bond donors (Lipinski definition) is 1. The van der Waals surface area contributed by atoms with Crippen LogP contribution in [0.15, 0.2) is 24.3 Å². The molecule has 1 aliphatic heterocycles. The van der Waals surface area contributed by atoms with E-state index in [4.69, 9.17) is 5.26 Å². The number of nitrogens with zero attached hydrogens (tertiary/aromatic N) is 2. The molecule has 1 N–H and O–H groups in total. The molecule has 3 atom stereocenters. The van der Waals surface area contributed by atoms with Gasteiger partial charge in [0.15, 0.2) is 0 Å². The first-order chi connectivity index (χ1) is 10.1. The second-order valence-electron chi connectivity index (χ2n) is 6.33. The van der Waals surface area contributed by atoms with E-state index < -0.39 is 5.60 Å². The molecule has 0 radical (unpaired) electrons. The standard InChI is InChI=1S/C17H21FN2O/c18-14-6-4-13(5-7-14)16-15-3-1-2-8-17(15,21)9-11-20(16)12-10-19/h4-7,15-16,21H,1-3,8-9,11-12H2/t15-,16+,17-/m0/s1. The van der Waals surface area contributed by atoms with Gasteiger partial charge in [-0.2, -0.15) is 5.26 Å². The third-order valence-corrected chi connectivity index (χ3v) is 5.16. The van der Waals surface area contributed by atoms with Crippen molar-refractivity contribution in [2.24, 2.45) is 5.92 Å². The molecule has 21 heavy (non-hydrogen) atoms. The predicted molar refractivity (Wildman–Crippen MR) is 77.9 cm³/mol. The van der Waals surface area contributed by atoms with Crippen molar-refractivity contribution in [2.45, 2.75) is 43.7 Å². The summed E-state index contributed by atoms with van der Waals surface area (Å²) in [5.41, 5.74) is 0.389. The monoisotopic (exact) mass is 288 g/mol. The average Bonchev–Trinajstić information content (AvgIpc) is 2.49. The lowest BCUT2D eigenvalue weighted by atomic mass is 9.66. The number of rotatable bonds is 2. The summed E-state index contributed by atoms with van der Waals surface area (Å²) in [4.78, 5) is 2.14. The van der Waals surface area contributed by atoms with Crippen molar-refractivity contribution in [3.8, 4) is 6.07 Å². The highest BCUT2D eigenvalue weighted by molar-refractivity contribution is 5.24. The Morgan fingerprint density at radius 1 is 1.29 bits per heavy atom. The van der Waals surface area contributed by atoms with Crippen molar-refractivity contribution in [3.05, 3.63) is 35.6 Å². The maximum atomic E-state index is 13.2. The minimum Gasteiger partial charge on any atom is -0.389 e. The lowest BCUT2D eigenvalue weighted by Gasteiger charge is -2.52. The molecule has 2 fully saturated rings. The molecule has 112 valence electrons. The zero-order chi connectivity index (χ0) is 14.9. The van der Waals surface area contributed by atoms with Gasteiger partial charge < -0.3 is 5.11 Å². The third kappa shape index (κ3) is 2.68. The number of aliphatic hydroxyl groups is 1. The van der Waals surface area contributed by atoms with Gasteiger partial charge in [0, 0.05) is 18.5 Å². The van der Waals surface area contributed by atoms with Gasteiger partial charge in [0.1, 0.15) is 5.82 Å². The predicted octanol–water partition coefficient (Wildman–Crippen LogP) is 3.02. The summed E-state index contributed by atoms with van der Waals surface area (Å²) >= 11 is 0. The van der Waals surface area contributed by atoms with Gasteiger partial charge in [-0.25, -0.2) is 4.39 Å². The topological polar surface area (TPSA) is 47.3 Å². The Balaban J connectivity index is 1.96. The molecule has 0 aromatic heterocycles. The molecule has 1 saturated heterocycles. The summed E-state index contributed by atoms with van der Waals surface area (Å²) in [6.45, 7) is 1.08. The molecule has 0 bridgehead atoms. The highest BCUT2D eigenvalue weighted by Crippen LogP contribution is 2.49. The van der Waals surface area contributed by atoms with Crippen molar-refractivity contribution >= 4 is 0 Å². The van der Waals surface area contributed by atoms with Crippen LogP contribution in [0.2, 0.25) is 0 Å². The van der Waals surface area contributed by atoms with E-state index in [1.807, 2.05) is 0 Å². The molecule has 3 nitrogen and oxygen atoms in total. The zero-order valence-corrected chi connectivity index (χ0v) is 12.1. The van der Waals surface area contributed by atoms with Gasteiger partial charge in [-0.1, -0.05) is 25.0 Å². The van der Waals surface area contributed by atoms with Crippen LogP contribution in [0.3, 0.4) is 0 Å². The molecule has 1 aromatic carbocycles. The van der Waals surface area contributed by atoms with E-state index in [9.17, 15) is 9.50 Å². The summed E-state index contributed by atoms with van der Waals surface area (Å²) in [5.74, 6) is -0.112. The molecule has 0 amide bonds. The average molecular weight is 288 g/mol. The Bertz CT molecular complexity index is 539. The summed E-state index contributed by atoms with van der Waals surface area (Å²) in [6.07, 6.45) is 4.74. The van der Waals surface area contributed by atoms with Crippen LogP contribution < -0.4 is 0 Å². The molecule has 1 aliphatic carbocycles. The van der Waals surface area contributed by atoms with Crippen molar-refractivity contribution in [1.82, 2.24) is 4.90 Å². The Hall–Kier alpha value is -1.44. The highest BCUT2D eigenvalue weighted by Gasteiger charge is 2.48. The maximum absolute atomic E-state index is 13.2. The molecule has 3 rings (SSSR count). The number of piperidine rings is 1. The largest absolute Gasteiger partial charge is 0.389 e. The summed E-state index contributed by atoms with van der Waals surface area (Å²) in [5, 5.41) is 20.1. The summed E-state index contributed by atoms with van der Waals surface area (Å²) < 4.78 is 13.2. The molecule has 0 unspecified atom stereocenters. The number of fused-ring (bicyclic) bond motifs is 1. The Morgan fingerprint density at radius 2 is 2.05 bits per heavy atom. The normalized spacial score (nSPS) is 33.2. The Kier molecular flexibility index (Phi) is 3.97. The van der Waals surface area contributed by atoms with Gasteiger partial charge in [-0.3, -0.25) is 4.90 Å². The van der Waals surface area contributed by atoms with Crippen LogP contribution >= 0.6 is 0 Å². The number of benzene rings is 1. The van der Waals surface area contributed by atoms with Crippen LogP contribution in [0.25, 0.3) is 0 Å². The fourth-order valence-corrected chi connectivity index (χ4v) is 4.11. The fraction of sp³-hybridized carbons (Fsp3) is 0.588. The number of nitriles is 1. The van der Waals surface area contributed by atoms with Crippen LogP contribution in [0, 0.1) is 23.1 Å². The van der Waals surface area contributed by atoms with E-state index in [-0.39, 0.29) is 17.8 Å². The number of hydrogen-bond acceptors (Lipinski definition) is 3. The lowest BCUT2D eigenvalue weighted by Crippen LogP contribution is -2.54. The number of likely N-dealkylation sites (tertiary alicyclic amines) is 1. The zero-order valence-electron chi connectivity index (χ0n) is 12.1. The van der Waals surface area contributed by atoms with Gasteiger partial charge in [-0.15, -0.1) is 0 Å². The van der Waals surface area contributed by atoms with Crippen molar-refractivity contribution in [1.29, 1.82) is 5.26 Å². The van der Waals surface area contributed by atoms with Gasteiger partial charge in [0.25, 0.3) is 0 Å². The molecular weight excluding hydrogens is 267 g/mol. The van der Waals surface area contributed by atoms with Gasteiger partial charge >= 0.3 is 0 Å². The van der Waals surface area contributed by atoms with E-state index in [2.05, 4.69) is 11.0 Å². The minimum atomic E-state index is -0.622. The molecule has 0 spiro atoms. The van der Waals surface area contributed by atoms with Crippen LogP contribution in [0.5, 0.6) is 0 Å². The summed E-state index contributed by atoms with van der Waals surface area (Å²) in [6, 6.07) is 8.77. The van der Waals surface area contributed by atoms with E-state index >= 15 is 0 Å². The van der Waals surface area contributed by atoms with Crippen molar-refractivity contribution in [2.75, 3.05) is 13.1 Å². The second kappa shape index (κ2) is 5.75. The SMILES string of the molecule is N#CCN1CC[C@@]2(O)CCCC[C@H]2[C@H]1c1ccc(F)cc1. The van der Waals surface area contributed by atoms with Crippen molar-refractivity contribution < 1.29 is 9.50 Å². The van der Waals surface area contributed by atoms with Crippen LogP contribution in [-0.4, -0.2) is 28.7 Å². The number of halogens is 1. The first-order valence-electron chi connectivity index (χ1n) is 7.73. The van der Waals surface area contributed by atoms with E-state index in [0.29, 0.717) is 6.54 Å². The van der Waals surface area contributed by atoms with Crippen LogP contribution in [0.1, 0.15) is 43.7 Å². The lowest BCUT2D eigenvalue weighted by molar-refractivity contribution is -0.121. The Labute approximate surface area is 125 Å². The van der Waals surface area contributed by atoms with Crippen LogP contribution in [0.4, 0.5) is 4.39 Å². The minimum absolute atomic E-state index is 0.0179. The molecule has 1 heterocycles. The molecule has 1 aromatic rings. The van der Waals surface area contributed by atoms with Gasteiger partial charge in [0.05, 0.1) is 18.2 Å².